The van der Waals surface area contributed by atoms with Gasteiger partial charge in [0, 0.05) is 17.1 Å². The molecule has 0 saturated heterocycles. The van der Waals surface area contributed by atoms with E-state index in [2.05, 4.69) is 34.7 Å². The maximum absolute atomic E-state index is 3.80. The predicted octanol–water partition coefficient (Wildman–Crippen LogP) is 2.67. The van der Waals surface area contributed by atoms with Gasteiger partial charge in [-0.25, -0.2) is 0 Å². The molecular weight excluding hydrogens is 202 g/mol. The first kappa shape index (κ1) is 9.27. The molecular formula is C9H16BrN. The van der Waals surface area contributed by atoms with Gasteiger partial charge in [-0.2, -0.15) is 0 Å². The molecule has 1 N–H and O–H groups in total. The lowest BCUT2D eigenvalue weighted by molar-refractivity contribution is 0.471. The van der Waals surface area contributed by atoms with Crippen molar-refractivity contribution < 1.29 is 0 Å². The summed E-state index contributed by atoms with van der Waals surface area (Å²) in [5.41, 5.74) is 0. The Morgan fingerprint density at radius 2 is 2.36 bits per heavy atom. The van der Waals surface area contributed by atoms with Gasteiger partial charge in [-0.15, -0.1) is 0 Å². The Labute approximate surface area is 77.4 Å². The van der Waals surface area contributed by atoms with E-state index in [1.54, 1.807) is 0 Å². The van der Waals surface area contributed by atoms with Crippen molar-refractivity contribution in [3.63, 3.8) is 0 Å². The molecule has 0 amide bonds. The highest BCUT2D eigenvalue weighted by Gasteiger charge is 2.29. The molecule has 0 heterocycles. The monoisotopic (exact) mass is 217 g/mol. The second-order valence-electron chi connectivity index (χ2n) is 3.25. The molecule has 0 radical (unpaired) electrons. The summed E-state index contributed by atoms with van der Waals surface area (Å²) in [5.74, 6) is 0.951. The van der Waals surface area contributed by atoms with E-state index in [9.17, 15) is 0 Å². The van der Waals surface area contributed by atoms with Gasteiger partial charge in [-0.1, -0.05) is 29.4 Å². The lowest BCUT2D eigenvalue weighted by atomic mass is 10.1. The van der Waals surface area contributed by atoms with Gasteiger partial charge in [-0.05, 0) is 25.2 Å². The van der Waals surface area contributed by atoms with Gasteiger partial charge >= 0.3 is 0 Å². The van der Waals surface area contributed by atoms with Gasteiger partial charge in [0.1, 0.15) is 0 Å². The highest BCUT2D eigenvalue weighted by molar-refractivity contribution is 9.11. The van der Waals surface area contributed by atoms with E-state index in [1.165, 1.54) is 19.3 Å². The van der Waals surface area contributed by atoms with Crippen LogP contribution in [0.2, 0.25) is 0 Å². The van der Waals surface area contributed by atoms with E-state index >= 15 is 0 Å². The van der Waals surface area contributed by atoms with Crippen LogP contribution in [0.25, 0.3) is 0 Å². The van der Waals surface area contributed by atoms with Gasteiger partial charge in [0.2, 0.25) is 0 Å². The van der Waals surface area contributed by atoms with Gasteiger partial charge in [0.05, 0.1) is 0 Å². The Balaban J connectivity index is 2.15. The second kappa shape index (κ2) is 4.27. The molecule has 0 bridgehead atoms. The topological polar surface area (TPSA) is 12.0 Å². The summed E-state index contributed by atoms with van der Waals surface area (Å²) in [5, 5.41) is 3.48. The third kappa shape index (κ3) is 3.39. The van der Waals surface area contributed by atoms with Crippen molar-refractivity contribution in [1.29, 1.82) is 0 Å². The molecule has 1 rings (SSSR count). The van der Waals surface area contributed by atoms with Gasteiger partial charge in [0.15, 0.2) is 0 Å². The minimum absolute atomic E-state index is 0.726. The Hall–Kier alpha value is 0.180. The van der Waals surface area contributed by atoms with E-state index in [4.69, 9.17) is 0 Å². The fourth-order valence-corrected chi connectivity index (χ4v) is 1.55. The normalized spacial score (nSPS) is 19.8. The molecule has 1 fully saturated rings. The van der Waals surface area contributed by atoms with Crippen LogP contribution in [0, 0.1) is 5.92 Å². The molecule has 2 heteroatoms. The van der Waals surface area contributed by atoms with E-state index in [1.807, 2.05) is 0 Å². The van der Waals surface area contributed by atoms with Crippen LogP contribution in [0.1, 0.15) is 26.2 Å². The van der Waals surface area contributed by atoms with Gasteiger partial charge in [0.25, 0.3) is 0 Å². The zero-order chi connectivity index (χ0) is 8.27. The Morgan fingerprint density at radius 1 is 1.73 bits per heavy atom. The lowest BCUT2D eigenvalue weighted by Gasteiger charge is -2.15. The third-order valence-electron chi connectivity index (χ3n) is 2.19. The van der Waals surface area contributed by atoms with E-state index < -0.39 is 0 Å². The highest BCUT2D eigenvalue weighted by atomic mass is 79.9. The zero-order valence-electron chi connectivity index (χ0n) is 7.07. The number of halogens is 1. The molecule has 0 aromatic rings. The standard InChI is InChI=1S/C9H16BrN/c1-3-9(8-4-5-8)11-6-7(2)10/h8-9,11H,2-6H2,1H3. The summed E-state index contributed by atoms with van der Waals surface area (Å²) in [6, 6.07) is 0.726. The van der Waals surface area contributed by atoms with Crippen LogP contribution in [0.15, 0.2) is 11.1 Å². The van der Waals surface area contributed by atoms with Crippen molar-refractivity contribution in [3.05, 3.63) is 11.1 Å². The molecule has 0 aliphatic heterocycles. The van der Waals surface area contributed by atoms with Gasteiger partial charge < -0.3 is 5.32 Å². The Morgan fingerprint density at radius 3 is 2.73 bits per heavy atom. The summed E-state index contributed by atoms with van der Waals surface area (Å²) >= 11 is 3.34. The third-order valence-corrected chi connectivity index (χ3v) is 2.47. The molecule has 0 aromatic heterocycles. The Kier molecular flexibility index (Phi) is 3.60. The van der Waals surface area contributed by atoms with Crippen molar-refractivity contribution in [2.75, 3.05) is 6.54 Å². The van der Waals surface area contributed by atoms with Crippen LogP contribution in [0.5, 0.6) is 0 Å². The number of hydrogen-bond acceptors (Lipinski definition) is 1. The van der Waals surface area contributed by atoms with E-state index in [0.29, 0.717) is 0 Å². The van der Waals surface area contributed by atoms with Crippen LogP contribution in [0.4, 0.5) is 0 Å². The number of nitrogens with one attached hydrogen (secondary N) is 1. The Bertz CT molecular complexity index is 140. The van der Waals surface area contributed by atoms with Gasteiger partial charge in [-0.3, -0.25) is 0 Å². The molecule has 0 aromatic carbocycles. The fraction of sp³-hybridized carbons (Fsp3) is 0.778. The molecule has 1 atom stereocenters. The minimum atomic E-state index is 0.726. The summed E-state index contributed by atoms with van der Waals surface area (Å²) in [4.78, 5) is 0. The average Bonchev–Trinajstić information content (AvgIpc) is 2.72. The molecule has 1 nitrogen and oxygen atoms in total. The molecule has 1 saturated carbocycles. The van der Waals surface area contributed by atoms with Crippen LogP contribution in [0.3, 0.4) is 0 Å². The lowest BCUT2D eigenvalue weighted by Crippen LogP contribution is -2.31. The quantitative estimate of drug-likeness (QED) is 0.748. The van der Waals surface area contributed by atoms with Crippen LogP contribution in [-0.4, -0.2) is 12.6 Å². The predicted molar refractivity (Wildman–Crippen MR) is 52.9 cm³/mol. The van der Waals surface area contributed by atoms with Crippen molar-refractivity contribution in [2.24, 2.45) is 5.92 Å². The maximum atomic E-state index is 3.80. The largest absolute Gasteiger partial charge is 0.309 e. The summed E-state index contributed by atoms with van der Waals surface area (Å²) in [6.07, 6.45) is 4.07. The van der Waals surface area contributed by atoms with Crippen molar-refractivity contribution in [1.82, 2.24) is 5.32 Å². The summed E-state index contributed by atoms with van der Waals surface area (Å²) in [6.45, 7) is 6.95. The second-order valence-corrected chi connectivity index (χ2v) is 4.37. The molecule has 64 valence electrons. The first-order valence-electron chi connectivity index (χ1n) is 4.30. The van der Waals surface area contributed by atoms with Crippen molar-refractivity contribution in [2.45, 2.75) is 32.2 Å². The van der Waals surface area contributed by atoms with Crippen molar-refractivity contribution >= 4 is 15.9 Å². The van der Waals surface area contributed by atoms with E-state index in [0.717, 1.165) is 23.0 Å². The molecule has 11 heavy (non-hydrogen) atoms. The summed E-state index contributed by atoms with van der Waals surface area (Å²) in [7, 11) is 0. The van der Waals surface area contributed by atoms with Crippen LogP contribution < -0.4 is 5.32 Å². The first-order valence-corrected chi connectivity index (χ1v) is 5.10. The SMILES string of the molecule is C=C(Br)CNC(CC)C1CC1. The molecule has 1 aliphatic rings. The fourth-order valence-electron chi connectivity index (χ4n) is 1.38. The molecule has 0 spiro atoms. The zero-order valence-corrected chi connectivity index (χ0v) is 8.65. The first-order chi connectivity index (χ1) is 5.24. The highest BCUT2D eigenvalue weighted by Crippen LogP contribution is 2.33. The summed E-state index contributed by atoms with van der Waals surface area (Å²) < 4.78 is 1.05. The van der Waals surface area contributed by atoms with E-state index in [-0.39, 0.29) is 0 Å². The smallest absolute Gasteiger partial charge is 0.0268 e. The van der Waals surface area contributed by atoms with Crippen LogP contribution >= 0.6 is 15.9 Å². The average molecular weight is 218 g/mol. The van der Waals surface area contributed by atoms with Crippen molar-refractivity contribution in [3.8, 4) is 0 Å². The maximum Gasteiger partial charge on any atom is 0.0268 e. The molecule has 1 aliphatic carbocycles. The van der Waals surface area contributed by atoms with Crippen LogP contribution in [-0.2, 0) is 0 Å². The minimum Gasteiger partial charge on any atom is -0.309 e. The molecule has 1 unspecified atom stereocenters. The number of rotatable bonds is 5. The number of hydrogen-bond donors (Lipinski definition) is 1.